The molecular formula is C11H22O5. The van der Waals surface area contributed by atoms with Crippen LogP contribution in [0.3, 0.4) is 0 Å². The van der Waals surface area contributed by atoms with E-state index in [9.17, 15) is 9.90 Å². The van der Waals surface area contributed by atoms with Crippen molar-refractivity contribution in [3.8, 4) is 0 Å². The van der Waals surface area contributed by atoms with Gasteiger partial charge in [-0.05, 0) is 34.1 Å². The molecule has 0 aliphatic carbocycles. The highest BCUT2D eigenvalue weighted by Crippen LogP contribution is 2.22. The standard InChI is InChI=1S/C11H22O5/c1-6-8(12)7-10(2,3)15-16-11(4,5)9(13)14/h8,12H,6-7H2,1-5H3,(H,13,14). The summed E-state index contributed by atoms with van der Waals surface area (Å²) in [5.74, 6) is -1.10. The van der Waals surface area contributed by atoms with Crippen LogP contribution in [0.4, 0.5) is 0 Å². The Morgan fingerprint density at radius 2 is 1.75 bits per heavy atom. The molecular weight excluding hydrogens is 212 g/mol. The minimum Gasteiger partial charge on any atom is -0.479 e. The molecule has 0 aliphatic heterocycles. The summed E-state index contributed by atoms with van der Waals surface area (Å²) in [6.45, 7) is 8.15. The molecule has 0 saturated carbocycles. The van der Waals surface area contributed by atoms with Crippen LogP contribution in [0.2, 0.25) is 0 Å². The van der Waals surface area contributed by atoms with Crippen LogP contribution in [-0.2, 0) is 14.6 Å². The topological polar surface area (TPSA) is 76.0 Å². The van der Waals surface area contributed by atoms with Crippen molar-refractivity contribution in [3.05, 3.63) is 0 Å². The number of carboxylic acid groups (broad SMARTS) is 1. The van der Waals surface area contributed by atoms with Gasteiger partial charge < -0.3 is 10.2 Å². The first-order chi connectivity index (χ1) is 7.10. The molecule has 0 heterocycles. The first-order valence-corrected chi connectivity index (χ1v) is 5.39. The lowest BCUT2D eigenvalue weighted by Gasteiger charge is -2.29. The second-order valence-corrected chi connectivity index (χ2v) is 5.01. The highest BCUT2D eigenvalue weighted by molar-refractivity contribution is 5.76. The van der Waals surface area contributed by atoms with Gasteiger partial charge in [-0.15, -0.1) is 0 Å². The maximum atomic E-state index is 10.8. The number of aliphatic hydroxyl groups is 1. The second kappa shape index (κ2) is 5.61. The minimum absolute atomic E-state index is 0.388. The van der Waals surface area contributed by atoms with Gasteiger partial charge in [0.05, 0.1) is 6.10 Å². The number of carboxylic acids is 1. The number of rotatable bonds is 7. The van der Waals surface area contributed by atoms with Crippen LogP contribution >= 0.6 is 0 Å². The minimum atomic E-state index is -1.39. The summed E-state index contributed by atoms with van der Waals surface area (Å²) in [5.41, 5.74) is -2.11. The molecule has 0 saturated heterocycles. The van der Waals surface area contributed by atoms with Gasteiger partial charge in [0.1, 0.15) is 5.60 Å². The van der Waals surface area contributed by atoms with Crippen LogP contribution < -0.4 is 0 Å². The predicted octanol–water partition coefficient (Wildman–Crippen LogP) is 1.74. The maximum Gasteiger partial charge on any atom is 0.338 e. The Hall–Kier alpha value is -0.650. The number of hydrogen-bond acceptors (Lipinski definition) is 4. The SMILES string of the molecule is CCC(O)CC(C)(C)OOC(C)(C)C(=O)O. The molecule has 1 unspecified atom stereocenters. The van der Waals surface area contributed by atoms with Crippen molar-refractivity contribution in [2.24, 2.45) is 0 Å². The lowest BCUT2D eigenvalue weighted by molar-refractivity contribution is -0.396. The average Bonchev–Trinajstić information content (AvgIpc) is 2.14. The number of hydrogen-bond donors (Lipinski definition) is 2. The molecule has 2 N–H and O–H groups in total. The summed E-state index contributed by atoms with van der Waals surface area (Å²) < 4.78 is 0. The zero-order valence-electron chi connectivity index (χ0n) is 10.6. The summed E-state index contributed by atoms with van der Waals surface area (Å²) in [6.07, 6.45) is 0.528. The summed E-state index contributed by atoms with van der Waals surface area (Å²) in [5, 5.41) is 18.3. The molecule has 96 valence electrons. The van der Waals surface area contributed by atoms with Crippen LogP contribution in [0.1, 0.15) is 47.5 Å². The van der Waals surface area contributed by atoms with Gasteiger partial charge in [-0.3, -0.25) is 0 Å². The monoisotopic (exact) mass is 234 g/mol. The van der Waals surface area contributed by atoms with Gasteiger partial charge in [0.2, 0.25) is 0 Å². The van der Waals surface area contributed by atoms with E-state index in [1.54, 1.807) is 13.8 Å². The second-order valence-electron chi connectivity index (χ2n) is 5.01. The van der Waals surface area contributed by atoms with E-state index in [1.807, 2.05) is 6.92 Å². The van der Waals surface area contributed by atoms with Gasteiger partial charge in [0.15, 0.2) is 5.60 Å². The van der Waals surface area contributed by atoms with Crippen molar-refractivity contribution in [1.29, 1.82) is 0 Å². The molecule has 0 fully saturated rings. The third-order valence-electron chi connectivity index (χ3n) is 2.19. The third-order valence-corrected chi connectivity index (χ3v) is 2.19. The quantitative estimate of drug-likeness (QED) is 0.518. The van der Waals surface area contributed by atoms with Crippen molar-refractivity contribution in [3.63, 3.8) is 0 Å². The molecule has 0 radical (unpaired) electrons. The summed E-state index contributed by atoms with van der Waals surface area (Å²) in [4.78, 5) is 20.7. The molecule has 0 rings (SSSR count). The fraction of sp³-hybridized carbons (Fsp3) is 0.909. The van der Waals surface area contributed by atoms with Crippen LogP contribution in [-0.4, -0.2) is 33.5 Å². The first-order valence-electron chi connectivity index (χ1n) is 5.39. The van der Waals surface area contributed by atoms with E-state index in [4.69, 9.17) is 14.9 Å². The van der Waals surface area contributed by atoms with E-state index in [0.29, 0.717) is 12.8 Å². The van der Waals surface area contributed by atoms with Gasteiger partial charge in [-0.25, -0.2) is 14.6 Å². The largest absolute Gasteiger partial charge is 0.479 e. The van der Waals surface area contributed by atoms with Gasteiger partial charge in [0.25, 0.3) is 0 Å². The fourth-order valence-corrected chi connectivity index (χ4v) is 0.998. The highest BCUT2D eigenvalue weighted by atomic mass is 17.2. The van der Waals surface area contributed by atoms with E-state index in [-0.39, 0.29) is 0 Å². The smallest absolute Gasteiger partial charge is 0.338 e. The Morgan fingerprint density at radius 3 is 2.12 bits per heavy atom. The summed E-state index contributed by atoms with van der Waals surface area (Å²) in [6, 6.07) is 0. The molecule has 0 bridgehead atoms. The Bertz CT molecular complexity index is 235. The lowest BCUT2D eigenvalue weighted by atomic mass is 10.00. The Morgan fingerprint density at radius 1 is 1.25 bits per heavy atom. The number of aliphatic carboxylic acids is 1. The van der Waals surface area contributed by atoms with Crippen molar-refractivity contribution in [1.82, 2.24) is 0 Å². The molecule has 0 spiro atoms. The molecule has 16 heavy (non-hydrogen) atoms. The van der Waals surface area contributed by atoms with Crippen LogP contribution in [0, 0.1) is 0 Å². The molecule has 0 aromatic rings. The Labute approximate surface area is 96.3 Å². The van der Waals surface area contributed by atoms with Crippen molar-refractivity contribution in [2.45, 2.75) is 64.8 Å². The van der Waals surface area contributed by atoms with Crippen molar-refractivity contribution >= 4 is 5.97 Å². The van der Waals surface area contributed by atoms with Crippen LogP contribution in [0.5, 0.6) is 0 Å². The number of aliphatic hydroxyl groups excluding tert-OH is 1. The number of carbonyl (C=O) groups is 1. The third kappa shape index (κ3) is 5.44. The molecule has 0 amide bonds. The van der Waals surface area contributed by atoms with Crippen molar-refractivity contribution in [2.75, 3.05) is 0 Å². The average molecular weight is 234 g/mol. The van der Waals surface area contributed by atoms with Gasteiger partial charge in [-0.1, -0.05) is 6.92 Å². The summed E-state index contributed by atoms with van der Waals surface area (Å²) in [7, 11) is 0. The molecule has 0 aromatic heterocycles. The maximum absolute atomic E-state index is 10.8. The molecule has 1 atom stereocenters. The van der Waals surface area contributed by atoms with Gasteiger partial charge in [-0.2, -0.15) is 0 Å². The van der Waals surface area contributed by atoms with E-state index in [2.05, 4.69) is 0 Å². The van der Waals surface area contributed by atoms with Crippen molar-refractivity contribution < 1.29 is 24.8 Å². The van der Waals surface area contributed by atoms with Crippen LogP contribution in [0.15, 0.2) is 0 Å². The lowest BCUT2D eigenvalue weighted by Crippen LogP contribution is -2.39. The fourth-order valence-electron chi connectivity index (χ4n) is 0.998. The molecule has 5 heteroatoms. The highest BCUT2D eigenvalue weighted by Gasteiger charge is 2.33. The van der Waals surface area contributed by atoms with E-state index >= 15 is 0 Å². The van der Waals surface area contributed by atoms with E-state index < -0.39 is 23.3 Å². The van der Waals surface area contributed by atoms with Gasteiger partial charge in [0, 0.05) is 6.42 Å². The summed E-state index contributed by atoms with van der Waals surface area (Å²) >= 11 is 0. The molecule has 0 aliphatic rings. The zero-order valence-corrected chi connectivity index (χ0v) is 10.6. The first kappa shape index (κ1) is 15.3. The van der Waals surface area contributed by atoms with Crippen LogP contribution in [0.25, 0.3) is 0 Å². The van der Waals surface area contributed by atoms with E-state index in [0.717, 1.165) is 0 Å². The Balaban J connectivity index is 4.23. The van der Waals surface area contributed by atoms with E-state index in [1.165, 1.54) is 13.8 Å². The normalized spacial score (nSPS) is 14.9. The molecule has 0 aromatic carbocycles. The molecule has 5 nitrogen and oxygen atoms in total. The predicted molar refractivity (Wildman–Crippen MR) is 58.9 cm³/mol. The van der Waals surface area contributed by atoms with Gasteiger partial charge >= 0.3 is 5.97 Å². The Kier molecular flexibility index (Phi) is 5.38. The zero-order chi connectivity index (χ0) is 13.0.